The molecule has 0 amide bonds. The fraction of sp³-hybridized carbons (Fsp3) is 0. The fourth-order valence-corrected chi connectivity index (χ4v) is 1.34. The third-order valence-electron chi connectivity index (χ3n) is 1.56. The van der Waals surface area contributed by atoms with Gasteiger partial charge in [-0.25, -0.2) is 19.3 Å². The van der Waals surface area contributed by atoms with Crippen LogP contribution in [0, 0.1) is 0 Å². The second kappa shape index (κ2) is 2.81. The van der Waals surface area contributed by atoms with E-state index in [9.17, 15) is 4.79 Å². The van der Waals surface area contributed by atoms with Crippen LogP contribution in [0.3, 0.4) is 0 Å². The van der Waals surface area contributed by atoms with E-state index >= 15 is 0 Å². The number of nitrogens with zero attached hydrogens (tertiary/aromatic N) is 3. The standard InChI is InChI=1S/C7H4BrN3O2/c8-4-1-5-6(9-2-4)11(3-10-5)7(12)13/h1-3H,(H,12,13). The molecular formula is C7H4BrN3O2. The molecule has 2 rings (SSSR count). The van der Waals surface area contributed by atoms with Crippen molar-refractivity contribution in [1.82, 2.24) is 14.5 Å². The molecule has 13 heavy (non-hydrogen) atoms. The van der Waals surface area contributed by atoms with E-state index in [-0.39, 0.29) is 0 Å². The number of carboxylic acid groups (broad SMARTS) is 1. The minimum absolute atomic E-state index is 0.343. The lowest BCUT2D eigenvalue weighted by Gasteiger charge is -1.94. The number of rotatable bonds is 0. The van der Waals surface area contributed by atoms with Gasteiger partial charge in [0.2, 0.25) is 0 Å². The lowest BCUT2D eigenvalue weighted by molar-refractivity contribution is 0.197. The summed E-state index contributed by atoms with van der Waals surface area (Å²) in [7, 11) is 0. The minimum Gasteiger partial charge on any atom is -0.464 e. The van der Waals surface area contributed by atoms with Crippen LogP contribution < -0.4 is 0 Å². The molecule has 2 aromatic heterocycles. The summed E-state index contributed by atoms with van der Waals surface area (Å²) in [5.74, 6) is 0. The van der Waals surface area contributed by atoms with Crippen molar-refractivity contribution < 1.29 is 9.90 Å². The summed E-state index contributed by atoms with van der Waals surface area (Å²) in [6.07, 6.45) is 1.67. The van der Waals surface area contributed by atoms with Crippen LogP contribution in [-0.2, 0) is 0 Å². The van der Waals surface area contributed by atoms with Crippen molar-refractivity contribution in [3.05, 3.63) is 23.1 Å². The van der Waals surface area contributed by atoms with Crippen LogP contribution >= 0.6 is 15.9 Å². The summed E-state index contributed by atoms with van der Waals surface area (Å²) in [5.41, 5.74) is 0.896. The van der Waals surface area contributed by atoms with E-state index in [0.29, 0.717) is 11.2 Å². The number of fused-ring (bicyclic) bond motifs is 1. The Morgan fingerprint density at radius 1 is 1.54 bits per heavy atom. The Labute approximate surface area is 81.2 Å². The summed E-state index contributed by atoms with van der Waals surface area (Å²) in [4.78, 5) is 18.5. The Bertz CT molecular complexity index is 480. The lowest BCUT2D eigenvalue weighted by atomic mass is 10.4. The molecule has 0 spiro atoms. The largest absolute Gasteiger partial charge is 0.464 e. The van der Waals surface area contributed by atoms with Gasteiger partial charge in [-0.3, -0.25) is 0 Å². The highest BCUT2D eigenvalue weighted by atomic mass is 79.9. The average molecular weight is 242 g/mol. The van der Waals surface area contributed by atoms with Crippen molar-refractivity contribution in [2.24, 2.45) is 0 Å². The highest BCUT2D eigenvalue weighted by Crippen LogP contribution is 2.15. The molecule has 6 heteroatoms. The first-order valence-electron chi connectivity index (χ1n) is 3.40. The fourth-order valence-electron chi connectivity index (χ4n) is 1.02. The average Bonchev–Trinajstić information content (AvgIpc) is 2.46. The Kier molecular flexibility index (Phi) is 1.77. The van der Waals surface area contributed by atoms with Gasteiger partial charge in [-0.15, -0.1) is 0 Å². The number of halogens is 1. The number of pyridine rings is 1. The summed E-state index contributed by atoms with van der Waals surface area (Å²) >= 11 is 3.22. The van der Waals surface area contributed by atoms with Crippen molar-refractivity contribution in [3.8, 4) is 0 Å². The molecule has 0 atom stereocenters. The maximum Gasteiger partial charge on any atom is 0.418 e. The molecule has 2 heterocycles. The molecule has 0 saturated heterocycles. The number of imidazole rings is 1. The van der Waals surface area contributed by atoms with E-state index in [0.717, 1.165) is 9.04 Å². The second-order valence-corrected chi connectivity index (χ2v) is 3.31. The molecule has 0 fully saturated rings. The monoisotopic (exact) mass is 241 g/mol. The van der Waals surface area contributed by atoms with Gasteiger partial charge >= 0.3 is 6.09 Å². The Morgan fingerprint density at radius 2 is 2.31 bits per heavy atom. The topological polar surface area (TPSA) is 68.0 Å². The molecule has 66 valence electrons. The Balaban J connectivity index is 2.76. The number of carbonyl (C=O) groups is 1. The minimum atomic E-state index is -1.09. The van der Waals surface area contributed by atoms with Crippen LogP contribution in [0.25, 0.3) is 11.2 Å². The van der Waals surface area contributed by atoms with E-state index in [1.54, 1.807) is 6.07 Å². The van der Waals surface area contributed by atoms with Crippen LogP contribution in [0.1, 0.15) is 0 Å². The van der Waals surface area contributed by atoms with E-state index in [1.807, 2.05) is 0 Å². The Hall–Kier alpha value is -1.43. The highest BCUT2D eigenvalue weighted by Gasteiger charge is 2.08. The van der Waals surface area contributed by atoms with Crippen molar-refractivity contribution in [3.63, 3.8) is 0 Å². The maximum atomic E-state index is 10.6. The molecular weight excluding hydrogens is 238 g/mol. The zero-order chi connectivity index (χ0) is 9.42. The molecule has 0 aliphatic heterocycles. The maximum absolute atomic E-state index is 10.6. The summed E-state index contributed by atoms with van der Waals surface area (Å²) in [6.45, 7) is 0. The molecule has 1 N–H and O–H groups in total. The first kappa shape index (κ1) is 8.18. The molecule has 0 saturated carbocycles. The summed E-state index contributed by atoms with van der Waals surface area (Å²) < 4.78 is 1.75. The predicted octanol–water partition coefficient (Wildman–Crippen LogP) is 1.72. The van der Waals surface area contributed by atoms with Crippen LogP contribution in [0.15, 0.2) is 23.1 Å². The number of hydrogen-bond donors (Lipinski definition) is 1. The van der Waals surface area contributed by atoms with Gasteiger partial charge in [-0.05, 0) is 22.0 Å². The van der Waals surface area contributed by atoms with Gasteiger partial charge in [0.05, 0.1) is 0 Å². The first-order chi connectivity index (χ1) is 6.18. The normalized spacial score (nSPS) is 10.5. The molecule has 0 unspecified atom stereocenters. The van der Waals surface area contributed by atoms with E-state index in [4.69, 9.17) is 5.11 Å². The zero-order valence-electron chi connectivity index (χ0n) is 6.31. The van der Waals surface area contributed by atoms with E-state index in [2.05, 4.69) is 25.9 Å². The van der Waals surface area contributed by atoms with Crippen LogP contribution in [0.5, 0.6) is 0 Å². The summed E-state index contributed by atoms with van der Waals surface area (Å²) in [5, 5.41) is 8.71. The first-order valence-corrected chi connectivity index (χ1v) is 4.19. The quantitative estimate of drug-likeness (QED) is 0.763. The van der Waals surface area contributed by atoms with Gasteiger partial charge in [-0.1, -0.05) is 0 Å². The van der Waals surface area contributed by atoms with Crippen molar-refractivity contribution in [1.29, 1.82) is 0 Å². The van der Waals surface area contributed by atoms with Gasteiger partial charge in [-0.2, -0.15) is 0 Å². The van der Waals surface area contributed by atoms with Crippen LogP contribution in [0.4, 0.5) is 4.79 Å². The van der Waals surface area contributed by atoms with E-state index in [1.165, 1.54) is 12.5 Å². The van der Waals surface area contributed by atoms with E-state index < -0.39 is 6.09 Å². The second-order valence-electron chi connectivity index (χ2n) is 2.39. The summed E-state index contributed by atoms with van der Waals surface area (Å²) in [6, 6.07) is 1.71. The van der Waals surface area contributed by atoms with Gasteiger partial charge in [0.15, 0.2) is 5.65 Å². The lowest BCUT2D eigenvalue weighted by Crippen LogP contribution is -2.06. The van der Waals surface area contributed by atoms with Crippen LogP contribution in [0.2, 0.25) is 0 Å². The predicted molar refractivity (Wildman–Crippen MR) is 48.7 cm³/mol. The van der Waals surface area contributed by atoms with Gasteiger partial charge in [0.25, 0.3) is 0 Å². The van der Waals surface area contributed by atoms with Crippen molar-refractivity contribution in [2.75, 3.05) is 0 Å². The van der Waals surface area contributed by atoms with Crippen molar-refractivity contribution >= 4 is 33.2 Å². The third kappa shape index (κ3) is 1.29. The molecule has 0 radical (unpaired) electrons. The molecule has 0 aromatic carbocycles. The Morgan fingerprint density at radius 3 is 3.00 bits per heavy atom. The molecule has 0 bridgehead atoms. The molecule has 0 aliphatic rings. The highest BCUT2D eigenvalue weighted by molar-refractivity contribution is 9.10. The zero-order valence-corrected chi connectivity index (χ0v) is 7.89. The van der Waals surface area contributed by atoms with Crippen LogP contribution in [-0.4, -0.2) is 25.7 Å². The number of hydrogen-bond acceptors (Lipinski definition) is 3. The van der Waals surface area contributed by atoms with Gasteiger partial charge in [0.1, 0.15) is 11.8 Å². The number of aromatic nitrogens is 3. The van der Waals surface area contributed by atoms with Gasteiger partial charge in [0, 0.05) is 10.7 Å². The smallest absolute Gasteiger partial charge is 0.418 e. The van der Waals surface area contributed by atoms with Gasteiger partial charge < -0.3 is 5.11 Å². The molecule has 5 nitrogen and oxygen atoms in total. The van der Waals surface area contributed by atoms with Crippen molar-refractivity contribution in [2.45, 2.75) is 0 Å². The third-order valence-corrected chi connectivity index (χ3v) is 1.99. The SMILES string of the molecule is O=C(O)n1cnc2cc(Br)cnc21. The molecule has 2 aromatic rings. The molecule has 0 aliphatic carbocycles.